The number of amides is 2. The van der Waals surface area contributed by atoms with E-state index in [1.165, 1.54) is 4.88 Å². The van der Waals surface area contributed by atoms with Crippen molar-refractivity contribution in [2.75, 3.05) is 26.2 Å². The smallest absolute Gasteiger partial charge is 0.225 e. The molecule has 1 aliphatic heterocycles. The third-order valence-electron chi connectivity index (χ3n) is 4.66. The molecule has 2 heterocycles. The van der Waals surface area contributed by atoms with Gasteiger partial charge in [-0.3, -0.25) is 9.59 Å². The van der Waals surface area contributed by atoms with E-state index in [-0.39, 0.29) is 17.7 Å². The fourth-order valence-electron chi connectivity index (χ4n) is 3.13. The highest BCUT2D eigenvalue weighted by Gasteiger charge is 2.25. The van der Waals surface area contributed by atoms with Crippen LogP contribution >= 0.6 is 11.3 Å². The molecule has 1 fully saturated rings. The Kier molecular flexibility index (Phi) is 7.09. The first-order valence-electron chi connectivity index (χ1n) is 8.74. The van der Waals surface area contributed by atoms with Gasteiger partial charge in [0.25, 0.3) is 0 Å². The molecule has 0 radical (unpaired) electrons. The van der Waals surface area contributed by atoms with Gasteiger partial charge in [-0.2, -0.15) is 0 Å². The number of carbonyl (C=O) groups excluding carboxylic acids is 2. The van der Waals surface area contributed by atoms with Gasteiger partial charge in [0.1, 0.15) is 0 Å². The topological polar surface area (TPSA) is 40.6 Å². The normalized spacial score (nSPS) is 15.8. The van der Waals surface area contributed by atoms with E-state index in [9.17, 15) is 9.59 Å². The summed E-state index contributed by atoms with van der Waals surface area (Å²) >= 11 is 1.70. The number of nitrogens with zero attached hydrogens (tertiary/aromatic N) is 2. The van der Waals surface area contributed by atoms with E-state index in [0.717, 1.165) is 38.8 Å². The molecule has 2 rings (SSSR count). The molecule has 1 saturated heterocycles. The van der Waals surface area contributed by atoms with Crippen LogP contribution in [0.1, 0.15) is 44.4 Å². The maximum atomic E-state index is 12.5. The van der Waals surface area contributed by atoms with Crippen LogP contribution in [0.25, 0.3) is 0 Å². The molecule has 4 nitrogen and oxygen atoms in total. The number of carbonyl (C=O) groups is 2. The van der Waals surface area contributed by atoms with Crippen LogP contribution in [0.4, 0.5) is 0 Å². The first kappa shape index (κ1) is 18.0. The van der Waals surface area contributed by atoms with Crippen LogP contribution in [-0.2, 0) is 16.0 Å². The lowest BCUT2D eigenvalue weighted by molar-refractivity contribution is -0.136. The van der Waals surface area contributed by atoms with Gasteiger partial charge in [-0.15, -0.1) is 11.3 Å². The van der Waals surface area contributed by atoms with Crippen molar-refractivity contribution in [3.63, 3.8) is 0 Å². The molecule has 1 aromatic heterocycles. The van der Waals surface area contributed by atoms with Crippen molar-refractivity contribution in [2.24, 2.45) is 5.92 Å². The summed E-state index contributed by atoms with van der Waals surface area (Å²) in [4.78, 5) is 30.1. The van der Waals surface area contributed by atoms with Crippen molar-refractivity contribution in [1.82, 2.24) is 9.80 Å². The average molecular weight is 337 g/mol. The zero-order valence-corrected chi connectivity index (χ0v) is 15.1. The molecule has 0 atom stereocenters. The maximum absolute atomic E-state index is 12.5. The van der Waals surface area contributed by atoms with Crippen molar-refractivity contribution in [3.8, 4) is 0 Å². The van der Waals surface area contributed by atoms with E-state index in [1.54, 1.807) is 11.3 Å². The van der Waals surface area contributed by atoms with Gasteiger partial charge in [0, 0.05) is 43.4 Å². The van der Waals surface area contributed by atoms with E-state index in [0.29, 0.717) is 19.5 Å². The van der Waals surface area contributed by atoms with Crippen LogP contribution in [0.3, 0.4) is 0 Å². The van der Waals surface area contributed by atoms with Crippen molar-refractivity contribution < 1.29 is 9.59 Å². The molecule has 0 N–H and O–H groups in total. The van der Waals surface area contributed by atoms with E-state index in [1.807, 2.05) is 21.2 Å². The maximum Gasteiger partial charge on any atom is 0.225 e. The minimum Gasteiger partial charge on any atom is -0.341 e. The van der Waals surface area contributed by atoms with E-state index in [4.69, 9.17) is 0 Å². The standard InChI is InChI=1S/C18H28N2O2S/c1-3-15(4-2)18(22)20-11-6-10-19(12-13-20)17(21)9-8-16-7-5-14-23-16/h5,7,14-15H,3-4,6,8-13H2,1-2H3. The second-order valence-corrected chi connectivity index (χ2v) is 7.18. The van der Waals surface area contributed by atoms with Gasteiger partial charge in [-0.1, -0.05) is 19.9 Å². The molecule has 0 aliphatic carbocycles. The fraction of sp³-hybridized carbons (Fsp3) is 0.667. The number of hydrogen-bond acceptors (Lipinski definition) is 3. The molecule has 0 aromatic carbocycles. The number of rotatable bonds is 6. The molecule has 0 bridgehead atoms. The zero-order valence-electron chi connectivity index (χ0n) is 14.3. The first-order chi connectivity index (χ1) is 11.2. The molecule has 5 heteroatoms. The molecular formula is C18H28N2O2S. The van der Waals surface area contributed by atoms with E-state index >= 15 is 0 Å². The van der Waals surface area contributed by atoms with E-state index < -0.39 is 0 Å². The molecule has 0 unspecified atom stereocenters. The average Bonchev–Trinajstić information content (AvgIpc) is 2.96. The van der Waals surface area contributed by atoms with Crippen LogP contribution in [-0.4, -0.2) is 47.8 Å². The van der Waals surface area contributed by atoms with E-state index in [2.05, 4.69) is 19.9 Å². The Morgan fingerprint density at radius 1 is 1.13 bits per heavy atom. The summed E-state index contributed by atoms with van der Waals surface area (Å²) in [6, 6.07) is 4.11. The Bertz CT molecular complexity index is 497. The zero-order chi connectivity index (χ0) is 16.7. The highest BCUT2D eigenvalue weighted by Crippen LogP contribution is 2.16. The van der Waals surface area contributed by atoms with Gasteiger partial charge in [0.2, 0.25) is 11.8 Å². The van der Waals surface area contributed by atoms with Crippen LogP contribution in [0, 0.1) is 5.92 Å². The van der Waals surface area contributed by atoms with Crippen LogP contribution < -0.4 is 0 Å². The van der Waals surface area contributed by atoms with Gasteiger partial charge in [-0.05, 0) is 37.1 Å². The highest BCUT2D eigenvalue weighted by atomic mass is 32.1. The Hall–Kier alpha value is -1.36. The molecule has 23 heavy (non-hydrogen) atoms. The monoisotopic (exact) mass is 336 g/mol. The third-order valence-corrected chi connectivity index (χ3v) is 5.60. The van der Waals surface area contributed by atoms with Gasteiger partial charge < -0.3 is 9.80 Å². The number of aryl methyl sites for hydroxylation is 1. The van der Waals surface area contributed by atoms with Crippen molar-refractivity contribution >= 4 is 23.2 Å². The Labute approximate surface area is 143 Å². The Morgan fingerprint density at radius 2 is 1.83 bits per heavy atom. The predicted molar refractivity (Wildman–Crippen MR) is 94.5 cm³/mol. The molecule has 0 spiro atoms. The largest absolute Gasteiger partial charge is 0.341 e. The first-order valence-corrected chi connectivity index (χ1v) is 9.62. The molecule has 0 saturated carbocycles. The second-order valence-electron chi connectivity index (χ2n) is 6.15. The highest BCUT2D eigenvalue weighted by molar-refractivity contribution is 7.09. The minimum atomic E-state index is 0.135. The lowest BCUT2D eigenvalue weighted by Gasteiger charge is -2.25. The fourth-order valence-corrected chi connectivity index (χ4v) is 3.84. The molecule has 1 aromatic rings. The summed E-state index contributed by atoms with van der Waals surface area (Å²) in [6.07, 6.45) is 4.08. The van der Waals surface area contributed by atoms with Crippen LogP contribution in [0.5, 0.6) is 0 Å². The van der Waals surface area contributed by atoms with Crippen molar-refractivity contribution in [3.05, 3.63) is 22.4 Å². The second kappa shape index (κ2) is 9.06. The number of thiophene rings is 1. The molecular weight excluding hydrogens is 308 g/mol. The summed E-state index contributed by atoms with van der Waals surface area (Å²) < 4.78 is 0. The van der Waals surface area contributed by atoms with Gasteiger partial charge in [0.05, 0.1) is 0 Å². The van der Waals surface area contributed by atoms with Gasteiger partial charge in [0.15, 0.2) is 0 Å². The summed E-state index contributed by atoms with van der Waals surface area (Å²) in [5.74, 6) is 0.620. The SMILES string of the molecule is CCC(CC)C(=O)N1CCCN(C(=O)CCc2cccs2)CC1. The van der Waals surface area contributed by atoms with Crippen molar-refractivity contribution in [2.45, 2.75) is 46.0 Å². The molecule has 1 aliphatic rings. The summed E-state index contributed by atoms with van der Waals surface area (Å²) in [5.41, 5.74) is 0. The third kappa shape index (κ3) is 5.06. The van der Waals surface area contributed by atoms with Gasteiger partial charge in [-0.25, -0.2) is 0 Å². The van der Waals surface area contributed by atoms with Crippen molar-refractivity contribution in [1.29, 1.82) is 0 Å². The Morgan fingerprint density at radius 3 is 2.48 bits per heavy atom. The summed E-state index contributed by atoms with van der Waals surface area (Å²) in [7, 11) is 0. The number of hydrogen-bond donors (Lipinski definition) is 0. The minimum absolute atomic E-state index is 0.135. The quantitative estimate of drug-likeness (QED) is 0.800. The Balaban J connectivity index is 1.83. The lowest BCUT2D eigenvalue weighted by Crippen LogP contribution is -2.39. The molecule has 2 amide bonds. The lowest BCUT2D eigenvalue weighted by atomic mass is 10.0. The summed E-state index contributed by atoms with van der Waals surface area (Å²) in [6.45, 7) is 7.06. The predicted octanol–water partition coefficient (Wildman–Crippen LogP) is 3.18. The van der Waals surface area contributed by atoms with Gasteiger partial charge >= 0.3 is 0 Å². The molecule has 128 valence electrons. The van der Waals surface area contributed by atoms with Crippen LogP contribution in [0.2, 0.25) is 0 Å². The van der Waals surface area contributed by atoms with Crippen LogP contribution in [0.15, 0.2) is 17.5 Å². The summed E-state index contributed by atoms with van der Waals surface area (Å²) in [5, 5.41) is 2.05.